The number of nitrogens with zero attached hydrogens (tertiary/aromatic N) is 3. The number of anilines is 1. The van der Waals surface area contributed by atoms with Crippen LogP contribution in [0.15, 0.2) is 12.3 Å². The fraction of sp³-hybridized carbons (Fsp3) is 0.737. The number of unbranched alkanes of at least 4 members (excludes halogenated alkanes) is 1. The van der Waals surface area contributed by atoms with E-state index in [1.54, 1.807) is 6.20 Å². The molecule has 1 amide bonds. The third kappa shape index (κ3) is 6.28. The van der Waals surface area contributed by atoms with Crippen LogP contribution in [0.1, 0.15) is 79.3 Å². The van der Waals surface area contributed by atoms with Gasteiger partial charge in [0.25, 0.3) is 0 Å². The van der Waals surface area contributed by atoms with E-state index in [1.807, 2.05) is 11.0 Å². The van der Waals surface area contributed by atoms with Gasteiger partial charge in [0.15, 0.2) is 0 Å². The van der Waals surface area contributed by atoms with Crippen molar-refractivity contribution in [3.8, 4) is 0 Å². The molecule has 0 unspecified atom stereocenters. The van der Waals surface area contributed by atoms with Gasteiger partial charge in [-0.25, -0.2) is 9.97 Å². The van der Waals surface area contributed by atoms with Crippen LogP contribution in [0.2, 0.25) is 0 Å². The van der Waals surface area contributed by atoms with Gasteiger partial charge in [0.2, 0.25) is 11.9 Å². The summed E-state index contributed by atoms with van der Waals surface area (Å²) >= 11 is 0. The fourth-order valence-corrected chi connectivity index (χ4v) is 2.67. The van der Waals surface area contributed by atoms with Crippen molar-refractivity contribution in [1.29, 1.82) is 0 Å². The zero-order chi connectivity index (χ0) is 17.5. The van der Waals surface area contributed by atoms with Crippen LogP contribution in [-0.2, 0) is 11.2 Å². The first-order chi connectivity index (χ1) is 10.8. The van der Waals surface area contributed by atoms with Crippen LogP contribution < -0.4 is 4.90 Å². The third-order valence-corrected chi connectivity index (χ3v) is 3.96. The molecule has 0 aliphatic rings. The summed E-state index contributed by atoms with van der Waals surface area (Å²) in [7, 11) is 0. The van der Waals surface area contributed by atoms with E-state index in [9.17, 15) is 4.79 Å². The van der Waals surface area contributed by atoms with E-state index in [-0.39, 0.29) is 17.4 Å². The first kappa shape index (κ1) is 19.6. The van der Waals surface area contributed by atoms with E-state index in [2.05, 4.69) is 51.5 Å². The number of hydrogen-bond donors (Lipinski definition) is 0. The molecule has 23 heavy (non-hydrogen) atoms. The molecule has 1 aromatic heterocycles. The fourth-order valence-electron chi connectivity index (χ4n) is 2.67. The third-order valence-electron chi connectivity index (χ3n) is 3.96. The number of rotatable bonds is 8. The molecule has 0 aliphatic heterocycles. The smallest absolute Gasteiger partial charge is 0.232 e. The second-order valence-electron chi connectivity index (χ2n) is 7.42. The Bertz CT molecular complexity index is 490. The highest BCUT2D eigenvalue weighted by molar-refractivity contribution is 5.92. The molecule has 0 N–H and O–H groups in total. The lowest BCUT2D eigenvalue weighted by molar-refractivity contribution is -0.120. The SMILES string of the molecule is CCCCc1ccnc(N(C(=O)CC(C)(C)C)C(CC)CC)n1. The van der Waals surface area contributed by atoms with Crippen LogP contribution in [0.5, 0.6) is 0 Å². The molecule has 1 heterocycles. The minimum atomic E-state index is -0.0405. The maximum atomic E-state index is 12.9. The molecule has 0 spiro atoms. The molecule has 0 saturated heterocycles. The Kier molecular flexibility index (Phi) is 7.66. The molecule has 0 fully saturated rings. The predicted molar refractivity (Wildman–Crippen MR) is 96.6 cm³/mol. The van der Waals surface area contributed by atoms with Crippen molar-refractivity contribution in [1.82, 2.24) is 9.97 Å². The highest BCUT2D eigenvalue weighted by Crippen LogP contribution is 2.24. The van der Waals surface area contributed by atoms with Gasteiger partial charge in [0.1, 0.15) is 0 Å². The van der Waals surface area contributed by atoms with E-state index in [4.69, 9.17) is 0 Å². The Hall–Kier alpha value is -1.45. The summed E-state index contributed by atoms with van der Waals surface area (Å²) in [5, 5.41) is 0. The van der Waals surface area contributed by atoms with Crippen molar-refractivity contribution in [2.45, 2.75) is 86.1 Å². The van der Waals surface area contributed by atoms with Crippen LogP contribution in [0.25, 0.3) is 0 Å². The number of hydrogen-bond acceptors (Lipinski definition) is 3. The van der Waals surface area contributed by atoms with Crippen molar-refractivity contribution in [3.05, 3.63) is 18.0 Å². The maximum Gasteiger partial charge on any atom is 0.232 e. The van der Waals surface area contributed by atoms with Crippen LogP contribution in [0, 0.1) is 5.41 Å². The zero-order valence-electron chi connectivity index (χ0n) is 15.7. The standard InChI is InChI=1S/C19H33N3O/c1-7-10-11-15-12-13-20-18(21-15)22(16(8-2)9-3)17(23)14-19(4,5)6/h12-13,16H,7-11,14H2,1-6H3. The summed E-state index contributed by atoms with van der Waals surface area (Å²) in [5.41, 5.74) is 0.984. The summed E-state index contributed by atoms with van der Waals surface area (Å²) < 4.78 is 0. The summed E-state index contributed by atoms with van der Waals surface area (Å²) in [6.07, 6.45) is 7.30. The number of amides is 1. The molecule has 0 aromatic carbocycles. The number of aryl methyl sites for hydroxylation is 1. The van der Waals surface area contributed by atoms with Gasteiger partial charge in [0.05, 0.1) is 0 Å². The number of aromatic nitrogens is 2. The van der Waals surface area contributed by atoms with Gasteiger partial charge in [-0.2, -0.15) is 0 Å². The van der Waals surface area contributed by atoms with Crippen LogP contribution in [0.4, 0.5) is 5.95 Å². The lowest BCUT2D eigenvalue weighted by Gasteiger charge is -2.31. The van der Waals surface area contributed by atoms with E-state index in [0.717, 1.165) is 37.8 Å². The highest BCUT2D eigenvalue weighted by atomic mass is 16.2. The van der Waals surface area contributed by atoms with Gasteiger partial charge in [-0.1, -0.05) is 48.0 Å². The normalized spacial score (nSPS) is 11.8. The Morgan fingerprint density at radius 2 is 1.87 bits per heavy atom. The Labute approximate surface area is 141 Å². The van der Waals surface area contributed by atoms with Crippen molar-refractivity contribution in [3.63, 3.8) is 0 Å². The predicted octanol–water partition coefficient (Wildman–Crippen LogP) is 4.78. The zero-order valence-corrected chi connectivity index (χ0v) is 15.7. The molecule has 130 valence electrons. The first-order valence-electron chi connectivity index (χ1n) is 8.96. The Balaban J connectivity index is 3.11. The largest absolute Gasteiger partial charge is 0.278 e. The highest BCUT2D eigenvalue weighted by Gasteiger charge is 2.28. The molecule has 4 nitrogen and oxygen atoms in total. The average Bonchev–Trinajstić information content (AvgIpc) is 2.48. The second kappa shape index (κ2) is 8.99. The van der Waals surface area contributed by atoms with E-state index < -0.39 is 0 Å². The molecule has 0 aliphatic carbocycles. The van der Waals surface area contributed by atoms with E-state index >= 15 is 0 Å². The van der Waals surface area contributed by atoms with Crippen LogP contribution >= 0.6 is 0 Å². The molecule has 4 heteroatoms. The number of carbonyl (C=O) groups excluding carboxylic acids is 1. The van der Waals surface area contributed by atoms with Gasteiger partial charge >= 0.3 is 0 Å². The minimum absolute atomic E-state index is 0.0405. The maximum absolute atomic E-state index is 12.9. The van der Waals surface area contributed by atoms with E-state index in [1.165, 1.54) is 0 Å². The molecule has 0 radical (unpaired) electrons. The monoisotopic (exact) mass is 319 g/mol. The molecular formula is C19H33N3O. The average molecular weight is 319 g/mol. The first-order valence-corrected chi connectivity index (χ1v) is 8.96. The van der Waals surface area contributed by atoms with Gasteiger partial charge in [-0.3, -0.25) is 9.69 Å². The Morgan fingerprint density at radius 3 is 2.39 bits per heavy atom. The minimum Gasteiger partial charge on any atom is -0.278 e. The molecule has 1 aromatic rings. The number of carbonyl (C=O) groups is 1. The van der Waals surface area contributed by atoms with Crippen LogP contribution in [0.3, 0.4) is 0 Å². The second-order valence-corrected chi connectivity index (χ2v) is 7.42. The topological polar surface area (TPSA) is 46.1 Å². The molecule has 1 rings (SSSR count). The molecular weight excluding hydrogens is 286 g/mol. The summed E-state index contributed by atoms with van der Waals surface area (Å²) in [4.78, 5) is 23.8. The lowest BCUT2D eigenvalue weighted by atomic mass is 9.91. The molecule has 0 atom stereocenters. The van der Waals surface area contributed by atoms with Crippen LogP contribution in [-0.4, -0.2) is 21.9 Å². The molecule has 0 saturated carbocycles. The summed E-state index contributed by atoms with van der Waals surface area (Å²) in [5.74, 6) is 0.695. The van der Waals surface area contributed by atoms with Gasteiger partial charge in [-0.05, 0) is 37.2 Å². The van der Waals surface area contributed by atoms with Gasteiger partial charge in [-0.15, -0.1) is 0 Å². The lowest BCUT2D eigenvalue weighted by Crippen LogP contribution is -2.42. The summed E-state index contributed by atoms with van der Waals surface area (Å²) in [6, 6.07) is 2.12. The van der Waals surface area contributed by atoms with Gasteiger partial charge in [0, 0.05) is 24.4 Å². The van der Waals surface area contributed by atoms with Crippen molar-refractivity contribution in [2.24, 2.45) is 5.41 Å². The summed E-state index contributed by atoms with van der Waals surface area (Å²) in [6.45, 7) is 12.7. The Morgan fingerprint density at radius 1 is 1.22 bits per heavy atom. The van der Waals surface area contributed by atoms with E-state index in [0.29, 0.717) is 12.4 Å². The van der Waals surface area contributed by atoms with Crippen molar-refractivity contribution < 1.29 is 4.79 Å². The van der Waals surface area contributed by atoms with Crippen molar-refractivity contribution >= 4 is 11.9 Å². The van der Waals surface area contributed by atoms with Crippen molar-refractivity contribution in [2.75, 3.05) is 4.90 Å². The quantitative estimate of drug-likeness (QED) is 0.693. The van der Waals surface area contributed by atoms with Gasteiger partial charge < -0.3 is 0 Å². The molecule has 0 bridgehead atoms.